The van der Waals surface area contributed by atoms with Crippen molar-refractivity contribution in [1.82, 2.24) is 0 Å². The molecule has 1 aliphatic carbocycles. The van der Waals surface area contributed by atoms with Crippen molar-refractivity contribution in [2.24, 2.45) is 17.8 Å². The van der Waals surface area contributed by atoms with Crippen molar-refractivity contribution in [2.45, 2.75) is 69.5 Å². The maximum absolute atomic E-state index is 13.3. The van der Waals surface area contributed by atoms with Crippen molar-refractivity contribution in [3.63, 3.8) is 0 Å². The monoisotopic (exact) mass is 362 g/mol. The van der Waals surface area contributed by atoms with E-state index in [4.69, 9.17) is 0 Å². The predicted molar refractivity (Wildman–Crippen MR) is 105 cm³/mol. The molecule has 0 atom stereocenters. The first-order chi connectivity index (χ1) is 12.2. The Morgan fingerprint density at radius 2 is 1.64 bits per heavy atom. The van der Waals surface area contributed by atoms with Crippen LogP contribution in [0.2, 0.25) is 18.1 Å². The molecule has 0 unspecified atom stereocenters. The largest absolute Gasteiger partial charge is 0.204 e. The first kappa shape index (κ1) is 18.8. The van der Waals surface area contributed by atoms with Gasteiger partial charge in [0, 0.05) is 8.80 Å². The first-order valence-corrected chi connectivity index (χ1v) is 12.7. The lowest BCUT2D eigenvalue weighted by molar-refractivity contribution is 0.186. The first-order valence-electron chi connectivity index (χ1n) is 10.2. The van der Waals surface area contributed by atoms with Gasteiger partial charge in [-0.15, -0.1) is 6.58 Å². The van der Waals surface area contributed by atoms with E-state index in [2.05, 4.69) is 12.7 Å². The van der Waals surface area contributed by atoms with Gasteiger partial charge in [0.1, 0.15) is 0 Å². The molecule has 1 heterocycles. The van der Waals surface area contributed by atoms with E-state index in [1.54, 1.807) is 6.07 Å². The Balaban J connectivity index is 1.38. The second-order valence-electron chi connectivity index (χ2n) is 8.37. The average molecular weight is 363 g/mol. The highest BCUT2D eigenvalue weighted by Gasteiger charge is 2.30. The second kappa shape index (κ2) is 9.11. The van der Waals surface area contributed by atoms with Gasteiger partial charge < -0.3 is 0 Å². The van der Waals surface area contributed by atoms with Crippen molar-refractivity contribution in [3.8, 4) is 0 Å². The van der Waals surface area contributed by atoms with E-state index < -0.39 is 20.4 Å². The molecule has 1 aromatic carbocycles. The number of hydrogen-bond donors (Lipinski definition) is 0. The van der Waals surface area contributed by atoms with E-state index in [9.17, 15) is 8.78 Å². The minimum atomic E-state index is -0.741. The van der Waals surface area contributed by atoms with Gasteiger partial charge in [-0.1, -0.05) is 49.9 Å². The summed E-state index contributed by atoms with van der Waals surface area (Å²) in [5.41, 5.74) is 0.937. The number of benzene rings is 1. The Morgan fingerprint density at radius 1 is 0.960 bits per heavy atom. The number of halogens is 2. The fourth-order valence-electron chi connectivity index (χ4n) is 5.15. The predicted octanol–water partition coefficient (Wildman–Crippen LogP) is 6.53. The molecule has 3 rings (SSSR count). The fourth-order valence-corrected chi connectivity index (χ4v) is 8.18. The van der Waals surface area contributed by atoms with Crippen LogP contribution in [0, 0.1) is 29.4 Å². The van der Waals surface area contributed by atoms with E-state index in [1.165, 1.54) is 68.8 Å². The second-order valence-corrected chi connectivity index (χ2v) is 11.7. The van der Waals surface area contributed by atoms with E-state index >= 15 is 0 Å². The Labute approximate surface area is 153 Å². The Kier molecular flexibility index (Phi) is 6.86. The Bertz CT molecular complexity index is 555. The smallest absolute Gasteiger partial charge is 0.159 e. The summed E-state index contributed by atoms with van der Waals surface area (Å²) in [5.74, 6) is 1.27. The van der Waals surface area contributed by atoms with Crippen LogP contribution in [-0.4, -0.2) is 8.80 Å². The summed E-state index contributed by atoms with van der Waals surface area (Å²) in [5, 5.41) is 0. The van der Waals surface area contributed by atoms with Gasteiger partial charge >= 0.3 is 0 Å². The normalized spacial score (nSPS) is 30.2. The van der Waals surface area contributed by atoms with Crippen LogP contribution in [0.15, 0.2) is 30.9 Å². The summed E-state index contributed by atoms with van der Waals surface area (Å²) in [6.07, 6.45) is 12.6. The molecular formula is C22H32F2Si. The summed E-state index contributed by atoms with van der Waals surface area (Å²) in [6.45, 7) is 3.92. The lowest BCUT2D eigenvalue weighted by atomic mass is 9.73. The number of hydrogen-bond acceptors (Lipinski definition) is 0. The highest BCUT2D eigenvalue weighted by atomic mass is 28.3. The number of rotatable bonds is 6. The topological polar surface area (TPSA) is 0 Å². The van der Waals surface area contributed by atoms with E-state index in [1.807, 2.05) is 0 Å². The minimum absolute atomic E-state index is 0.461. The van der Waals surface area contributed by atoms with E-state index in [0.29, 0.717) is 0 Å². The van der Waals surface area contributed by atoms with Crippen molar-refractivity contribution >= 4 is 8.80 Å². The van der Waals surface area contributed by atoms with Gasteiger partial charge in [-0.25, -0.2) is 8.78 Å². The van der Waals surface area contributed by atoms with Gasteiger partial charge in [0.2, 0.25) is 0 Å². The van der Waals surface area contributed by atoms with Crippen LogP contribution in [0.3, 0.4) is 0 Å². The molecule has 25 heavy (non-hydrogen) atoms. The van der Waals surface area contributed by atoms with Gasteiger partial charge in [0.15, 0.2) is 11.6 Å². The van der Waals surface area contributed by atoms with Crippen LogP contribution >= 0.6 is 0 Å². The van der Waals surface area contributed by atoms with Crippen molar-refractivity contribution in [2.75, 3.05) is 0 Å². The van der Waals surface area contributed by atoms with Crippen LogP contribution in [0.4, 0.5) is 8.78 Å². The average Bonchev–Trinajstić information content (AvgIpc) is 2.64. The Morgan fingerprint density at radius 3 is 2.28 bits per heavy atom. The van der Waals surface area contributed by atoms with Gasteiger partial charge in [-0.05, 0) is 67.2 Å². The molecule has 0 N–H and O–H groups in total. The van der Waals surface area contributed by atoms with Gasteiger partial charge in [-0.2, -0.15) is 0 Å². The molecular weight excluding hydrogens is 330 g/mol. The summed E-state index contributed by atoms with van der Waals surface area (Å²) in [4.78, 5) is 0. The highest BCUT2D eigenvalue weighted by Crippen LogP contribution is 2.41. The van der Waals surface area contributed by atoms with Crippen LogP contribution in [0.25, 0.3) is 0 Å². The van der Waals surface area contributed by atoms with Gasteiger partial charge in [0.25, 0.3) is 0 Å². The SMILES string of the molecule is C=CC[Si@H]1CC[C@H]([C@H]2CC[C@H](CCc3ccc(F)c(F)c3)CC2)CC1. The van der Waals surface area contributed by atoms with Crippen LogP contribution in [0.1, 0.15) is 50.5 Å². The highest BCUT2D eigenvalue weighted by molar-refractivity contribution is 6.59. The molecule has 1 aliphatic heterocycles. The molecule has 0 spiro atoms. The molecule has 1 saturated carbocycles. The molecule has 2 fully saturated rings. The molecule has 0 nitrogen and oxygen atoms in total. The summed E-state index contributed by atoms with van der Waals surface area (Å²) in [7, 11) is -0.461. The van der Waals surface area contributed by atoms with E-state index in [0.717, 1.165) is 36.2 Å². The lowest BCUT2D eigenvalue weighted by Crippen LogP contribution is -2.28. The molecule has 0 bridgehead atoms. The molecule has 1 aromatic rings. The molecule has 0 amide bonds. The fraction of sp³-hybridized carbons (Fsp3) is 0.636. The summed E-state index contributed by atoms with van der Waals surface area (Å²) < 4.78 is 26.3. The standard InChI is InChI=1S/C22H32F2Si/c1-2-13-25-14-11-20(12-15-25)19-8-5-17(6-9-19)3-4-18-7-10-21(23)22(24)16-18/h2,7,10,16-17,19-20,25H,1,3-6,8-9,11-15H2/t17-,19-,20-,25-. The minimum Gasteiger partial charge on any atom is -0.204 e. The molecule has 138 valence electrons. The van der Waals surface area contributed by atoms with Gasteiger partial charge in [0.05, 0.1) is 0 Å². The zero-order valence-electron chi connectivity index (χ0n) is 15.4. The zero-order valence-corrected chi connectivity index (χ0v) is 16.5. The third kappa shape index (κ3) is 5.26. The van der Waals surface area contributed by atoms with Crippen LogP contribution in [0.5, 0.6) is 0 Å². The van der Waals surface area contributed by atoms with Crippen molar-refractivity contribution in [1.29, 1.82) is 0 Å². The van der Waals surface area contributed by atoms with Crippen LogP contribution < -0.4 is 0 Å². The summed E-state index contributed by atoms with van der Waals surface area (Å²) in [6, 6.07) is 8.76. The maximum Gasteiger partial charge on any atom is 0.159 e. The third-order valence-electron chi connectivity index (χ3n) is 6.77. The van der Waals surface area contributed by atoms with E-state index in [-0.39, 0.29) is 0 Å². The number of aryl methyl sites for hydroxylation is 1. The van der Waals surface area contributed by atoms with Crippen molar-refractivity contribution < 1.29 is 8.78 Å². The molecule has 0 radical (unpaired) electrons. The molecule has 2 aliphatic rings. The summed E-state index contributed by atoms with van der Waals surface area (Å²) >= 11 is 0. The number of allylic oxidation sites excluding steroid dienone is 1. The van der Waals surface area contributed by atoms with Gasteiger partial charge in [-0.3, -0.25) is 0 Å². The zero-order chi connectivity index (χ0) is 17.6. The Hall–Kier alpha value is -0.963. The lowest BCUT2D eigenvalue weighted by Gasteiger charge is -2.37. The third-order valence-corrected chi connectivity index (χ3v) is 10.1. The molecule has 0 aromatic heterocycles. The van der Waals surface area contributed by atoms with Crippen molar-refractivity contribution in [3.05, 3.63) is 48.1 Å². The quantitative estimate of drug-likeness (QED) is 0.399. The van der Waals surface area contributed by atoms with Crippen LogP contribution in [-0.2, 0) is 6.42 Å². The maximum atomic E-state index is 13.3. The molecule has 1 saturated heterocycles. The molecule has 3 heteroatoms.